The Balaban J connectivity index is 1.78. The summed E-state index contributed by atoms with van der Waals surface area (Å²) in [5, 5.41) is 9.00. The molecule has 3 fully saturated rings. The van der Waals surface area contributed by atoms with Gasteiger partial charge in [-0.1, -0.05) is 0 Å². The SMILES string of the molecule is Cc1c(C(=O)CN)cc(CC23CC(C2)C3)n1-c1ccc(C#N)cc1. The molecule has 1 heterocycles. The highest BCUT2D eigenvalue weighted by Gasteiger charge is 2.56. The van der Waals surface area contributed by atoms with Crippen LogP contribution >= 0.6 is 0 Å². The average molecular weight is 319 g/mol. The first-order valence-corrected chi connectivity index (χ1v) is 8.50. The fourth-order valence-electron chi connectivity index (χ4n) is 4.50. The van der Waals surface area contributed by atoms with Crippen LogP contribution in [0.5, 0.6) is 0 Å². The van der Waals surface area contributed by atoms with Crippen molar-refractivity contribution in [3.05, 3.63) is 52.8 Å². The van der Waals surface area contributed by atoms with Gasteiger partial charge in [0.15, 0.2) is 5.78 Å². The number of nitrogens with zero attached hydrogens (tertiary/aromatic N) is 2. The van der Waals surface area contributed by atoms with Crippen LogP contribution in [0.1, 0.15) is 46.6 Å². The van der Waals surface area contributed by atoms with Crippen LogP contribution in [0.25, 0.3) is 5.69 Å². The standard InChI is InChI=1S/C20H21N3O/c1-13-18(19(24)12-22)6-17(10-20-7-15(8-20)9-20)23(13)16-4-2-14(11-21)3-5-16/h2-6,15H,7-10,12,22H2,1H3. The third kappa shape index (κ3) is 2.20. The monoisotopic (exact) mass is 319 g/mol. The molecule has 0 radical (unpaired) electrons. The molecule has 3 aliphatic carbocycles. The van der Waals surface area contributed by atoms with Crippen LogP contribution in [0, 0.1) is 29.6 Å². The van der Waals surface area contributed by atoms with E-state index in [1.165, 1.54) is 25.0 Å². The van der Waals surface area contributed by atoms with Crippen LogP contribution in [-0.2, 0) is 6.42 Å². The van der Waals surface area contributed by atoms with Crippen LogP contribution in [0.15, 0.2) is 30.3 Å². The van der Waals surface area contributed by atoms with Gasteiger partial charge in [0.1, 0.15) is 0 Å². The van der Waals surface area contributed by atoms with Crippen molar-refractivity contribution in [3.63, 3.8) is 0 Å². The molecular formula is C20H21N3O. The maximum absolute atomic E-state index is 12.2. The van der Waals surface area contributed by atoms with Gasteiger partial charge in [-0.2, -0.15) is 5.26 Å². The van der Waals surface area contributed by atoms with Crippen molar-refractivity contribution in [3.8, 4) is 11.8 Å². The minimum atomic E-state index is -0.0151. The number of ketones is 1. The molecule has 24 heavy (non-hydrogen) atoms. The third-order valence-corrected chi connectivity index (χ3v) is 5.78. The Hall–Kier alpha value is -2.38. The lowest BCUT2D eigenvalue weighted by Crippen LogP contribution is -2.53. The van der Waals surface area contributed by atoms with E-state index >= 15 is 0 Å². The number of aromatic nitrogens is 1. The number of carbonyl (C=O) groups excluding carboxylic acids is 1. The Bertz CT molecular complexity index is 837. The molecule has 1 aromatic heterocycles. The zero-order valence-electron chi connectivity index (χ0n) is 13.9. The van der Waals surface area contributed by atoms with Gasteiger partial charge in [-0.25, -0.2) is 0 Å². The van der Waals surface area contributed by atoms with Gasteiger partial charge in [0.2, 0.25) is 0 Å². The zero-order valence-corrected chi connectivity index (χ0v) is 13.9. The maximum atomic E-state index is 12.2. The molecule has 122 valence electrons. The summed E-state index contributed by atoms with van der Waals surface area (Å²) in [6, 6.07) is 11.7. The van der Waals surface area contributed by atoms with Crippen molar-refractivity contribution in [2.45, 2.75) is 32.6 Å². The predicted octanol–water partition coefficient (Wildman–Crippen LogP) is 3.14. The minimum Gasteiger partial charge on any atom is -0.324 e. The van der Waals surface area contributed by atoms with Gasteiger partial charge in [0, 0.05) is 22.6 Å². The van der Waals surface area contributed by atoms with Crippen molar-refractivity contribution >= 4 is 5.78 Å². The summed E-state index contributed by atoms with van der Waals surface area (Å²) in [6.07, 6.45) is 4.99. The molecule has 1 aromatic carbocycles. The summed E-state index contributed by atoms with van der Waals surface area (Å²) in [5.41, 5.74) is 10.5. The van der Waals surface area contributed by atoms with Crippen LogP contribution in [0.3, 0.4) is 0 Å². The Morgan fingerprint density at radius 1 is 1.33 bits per heavy atom. The van der Waals surface area contributed by atoms with Crippen molar-refractivity contribution in [2.75, 3.05) is 6.54 Å². The van der Waals surface area contributed by atoms with Gasteiger partial charge in [-0.15, -0.1) is 0 Å². The number of carbonyl (C=O) groups is 1. The van der Waals surface area contributed by atoms with E-state index in [1.807, 2.05) is 37.3 Å². The van der Waals surface area contributed by atoms with E-state index in [0.717, 1.165) is 29.3 Å². The van der Waals surface area contributed by atoms with Gasteiger partial charge in [-0.05, 0) is 74.3 Å². The van der Waals surface area contributed by atoms with E-state index in [-0.39, 0.29) is 12.3 Å². The Kier molecular flexibility index (Phi) is 3.36. The summed E-state index contributed by atoms with van der Waals surface area (Å²) >= 11 is 0. The van der Waals surface area contributed by atoms with E-state index in [4.69, 9.17) is 11.0 Å². The highest BCUT2D eigenvalue weighted by atomic mass is 16.1. The van der Waals surface area contributed by atoms with Crippen LogP contribution < -0.4 is 5.73 Å². The topological polar surface area (TPSA) is 71.8 Å². The van der Waals surface area contributed by atoms with Crippen molar-refractivity contribution < 1.29 is 4.79 Å². The second-order valence-corrected chi connectivity index (χ2v) is 7.41. The minimum absolute atomic E-state index is 0.0151. The zero-order chi connectivity index (χ0) is 16.9. The highest BCUT2D eigenvalue weighted by molar-refractivity contribution is 5.99. The fraction of sp³-hybridized carbons (Fsp3) is 0.400. The molecule has 3 aliphatic rings. The number of nitrogens with two attached hydrogens (primary N) is 1. The Morgan fingerprint density at radius 3 is 2.50 bits per heavy atom. The van der Waals surface area contributed by atoms with Gasteiger partial charge in [0.05, 0.1) is 18.2 Å². The number of nitriles is 1. The molecule has 0 atom stereocenters. The highest BCUT2D eigenvalue weighted by Crippen LogP contribution is 2.65. The number of Topliss-reactive ketones (excluding diaryl/α,β-unsaturated/α-hetero) is 1. The van der Waals surface area contributed by atoms with Crippen LogP contribution in [0.2, 0.25) is 0 Å². The summed E-state index contributed by atoms with van der Waals surface area (Å²) in [5.74, 6) is 0.924. The fourth-order valence-corrected chi connectivity index (χ4v) is 4.50. The summed E-state index contributed by atoms with van der Waals surface area (Å²) in [7, 11) is 0. The van der Waals surface area contributed by atoms with Gasteiger partial charge in [0.25, 0.3) is 0 Å². The quantitative estimate of drug-likeness (QED) is 0.861. The molecule has 0 aliphatic heterocycles. The summed E-state index contributed by atoms with van der Waals surface area (Å²) in [6.45, 7) is 2.01. The van der Waals surface area contributed by atoms with E-state index < -0.39 is 0 Å². The molecule has 0 amide bonds. The number of hydrogen-bond donors (Lipinski definition) is 1. The molecule has 3 saturated carbocycles. The molecule has 4 nitrogen and oxygen atoms in total. The molecule has 0 saturated heterocycles. The smallest absolute Gasteiger partial charge is 0.178 e. The lowest BCUT2D eigenvalue weighted by molar-refractivity contribution is -0.105. The maximum Gasteiger partial charge on any atom is 0.178 e. The molecule has 2 N–H and O–H groups in total. The Morgan fingerprint density at radius 2 is 2.00 bits per heavy atom. The van der Waals surface area contributed by atoms with E-state index in [9.17, 15) is 4.79 Å². The van der Waals surface area contributed by atoms with E-state index in [2.05, 4.69) is 10.6 Å². The second kappa shape index (κ2) is 5.32. The molecule has 2 bridgehead atoms. The van der Waals surface area contributed by atoms with Gasteiger partial charge < -0.3 is 10.3 Å². The normalized spacial score (nSPS) is 24.0. The number of benzene rings is 1. The summed E-state index contributed by atoms with van der Waals surface area (Å²) in [4.78, 5) is 12.2. The lowest BCUT2D eigenvalue weighted by atomic mass is 9.43. The van der Waals surface area contributed by atoms with Crippen LogP contribution in [-0.4, -0.2) is 16.9 Å². The van der Waals surface area contributed by atoms with Gasteiger partial charge in [-0.3, -0.25) is 4.79 Å². The van der Waals surface area contributed by atoms with Crippen molar-refractivity contribution in [1.29, 1.82) is 5.26 Å². The average Bonchev–Trinajstić information content (AvgIpc) is 2.85. The lowest BCUT2D eigenvalue weighted by Gasteiger charge is -2.62. The predicted molar refractivity (Wildman–Crippen MR) is 92.1 cm³/mol. The first kappa shape index (κ1) is 15.2. The molecule has 4 heteroatoms. The largest absolute Gasteiger partial charge is 0.324 e. The molecule has 5 rings (SSSR count). The van der Waals surface area contributed by atoms with Gasteiger partial charge >= 0.3 is 0 Å². The summed E-state index contributed by atoms with van der Waals surface area (Å²) < 4.78 is 2.17. The van der Waals surface area contributed by atoms with E-state index in [1.54, 1.807) is 0 Å². The number of rotatable bonds is 5. The molecule has 0 spiro atoms. The second-order valence-electron chi connectivity index (χ2n) is 7.41. The van der Waals surface area contributed by atoms with E-state index in [0.29, 0.717) is 11.0 Å². The molecular weight excluding hydrogens is 298 g/mol. The Labute approximate surface area is 141 Å². The van der Waals surface area contributed by atoms with Crippen molar-refractivity contribution in [2.24, 2.45) is 17.1 Å². The van der Waals surface area contributed by atoms with Crippen LogP contribution in [0.4, 0.5) is 0 Å². The van der Waals surface area contributed by atoms with Crippen molar-refractivity contribution in [1.82, 2.24) is 4.57 Å². The number of hydrogen-bond acceptors (Lipinski definition) is 3. The molecule has 2 aromatic rings. The third-order valence-electron chi connectivity index (χ3n) is 5.78. The first-order valence-electron chi connectivity index (χ1n) is 8.50. The molecule has 0 unspecified atom stereocenters. The first-order chi connectivity index (χ1) is 11.5.